The fourth-order valence-corrected chi connectivity index (χ4v) is 8.94. The average molecular weight is 748 g/mol. The molecule has 1 aromatic rings. The molecule has 3 heterocycles. The molecule has 1 saturated heterocycles. The molecule has 17 heteroatoms. The van der Waals surface area contributed by atoms with Crippen LogP contribution in [0.1, 0.15) is 84.3 Å². The number of cyclic esters (lactones) is 1. The van der Waals surface area contributed by atoms with Gasteiger partial charge < -0.3 is 43.0 Å². The predicted molar refractivity (Wildman–Crippen MR) is 174 cm³/mol. The second-order valence-electron chi connectivity index (χ2n) is 14.5. The Hall–Kier alpha value is -4.64. The van der Waals surface area contributed by atoms with Crippen LogP contribution in [-0.4, -0.2) is 113 Å². The minimum Gasteiger partial charge on any atom is -0.465 e. The number of rotatable bonds is 6. The van der Waals surface area contributed by atoms with Gasteiger partial charge in [-0.15, -0.1) is 0 Å². The summed E-state index contributed by atoms with van der Waals surface area (Å²) in [6.07, 6.45) is -8.94. The number of carbonyl (C=O) groups is 7. The number of ether oxygens (including phenoxy) is 8. The largest absolute Gasteiger partial charge is 0.465 e. The fourth-order valence-electron chi connectivity index (χ4n) is 8.94. The van der Waals surface area contributed by atoms with E-state index in [0.717, 1.165) is 34.6 Å². The van der Waals surface area contributed by atoms with Gasteiger partial charge in [-0.05, 0) is 19.1 Å². The van der Waals surface area contributed by atoms with Gasteiger partial charge in [0.15, 0.2) is 18.3 Å². The lowest BCUT2D eigenvalue weighted by Crippen LogP contribution is -2.83. The minimum atomic E-state index is -2.28. The summed E-state index contributed by atoms with van der Waals surface area (Å²) in [5.41, 5.74) is -6.06. The number of hydrogen-bond donors (Lipinski definition) is 1. The number of aliphatic hydroxyl groups is 1. The van der Waals surface area contributed by atoms with Crippen molar-refractivity contribution in [3.05, 3.63) is 29.6 Å². The van der Waals surface area contributed by atoms with E-state index < -0.39 is 132 Å². The van der Waals surface area contributed by atoms with E-state index >= 15 is 0 Å². The number of aromatic nitrogens is 1. The fraction of sp³-hybridized carbons (Fsp3) is 0.667. The standard InChI is InChI=1S/C36H45NO16/c1-15-16(2)32(44)52-26-17(3)36-29(43)24(34(9,53-36)13-47-33(45)23-11-10-12-37-25(15)23)27(48-19(5)39)30(50-21(7)41)35(36,14-46-18(4)38)31(51-22(8)42)28(26)49-20(6)40/h10-12,15-17,24,26-31,43H,13-14H2,1-9H3/t15-,16-,17+,24+,26+,27-,28-,29+,30+,31-,34-,35+,36+/m0/s1. The van der Waals surface area contributed by atoms with Crippen LogP contribution in [0.4, 0.5) is 0 Å². The molecule has 17 nitrogen and oxygen atoms in total. The highest BCUT2D eigenvalue weighted by Gasteiger charge is 2.87. The van der Waals surface area contributed by atoms with Crippen molar-refractivity contribution in [1.82, 2.24) is 4.98 Å². The summed E-state index contributed by atoms with van der Waals surface area (Å²) < 4.78 is 48.2. The number of carbonyl (C=O) groups excluding carboxylic acids is 7. The van der Waals surface area contributed by atoms with Gasteiger partial charge in [0.05, 0.1) is 29.2 Å². The molecule has 4 aliphatic rings. The van der Waals surface area contributed by atoms with Crippen LogP contribution in [0, 0.1) is 23.2 Å². The average Bonchev–Trinajstić information content (AvgIpc) is 3.26. The number of nitrogens with zero attached hydrogens (tertiary/aromatic N) is 1. The van der Waals surface area contributed by atoms with Crippen molar-refractivity contribution in [1.29, 1.82) is 0 Å². The van der Waals surface area contributed by atoms with Crippen LogP contribution in [0.3, 0.4) is 0 Å². The molecule has 2 aliphatic heterocycles. The minimum absolute atomic E-state index is 0.0276. The summed E-state index contributed by atoms with van der Waals surface area (Å²) in [7, 11) is 0. The summed E-state index contributed by atoms with van der Waals surface area (Å²) in [4.78, 5) is 96.8. The van der Waals surface area contributed by atoms with Crippen molar-refractivity contribution in [3.8, 4) is 0 Å². The topological polar surface area (TPSA) is 226 Å². The Morgan fingerprint density at radius 2 is 1.42 bits per heavy atom. The summed E-state index contributed by atoms with van der Waals surface area (Å²) in [6, 6.07) is 2.98. The number of aliphatic hydroxyl groups excluding tert-OH is 1. The Bertz CT molecular complexity index is 1700. The number of pyridine rings is 1. The van der Waals surface area contributed by atoms with Gasteiger partial charge in [0.1, 0.15) is 42.0 Å². The van der Waals surface area contributed by atoms with Crippen molar-refractivity contribution >= 4 is 41.8 Å². The zero-order chi connectivity index (χ0) is 39.4. The van der Waals surface area contributed by atoms with E-state index in [0.29, 0.717) is 0 Å². The van der Waals surface area contributed by atoms with E-state index in [4.69, 9.17) is 37.9 Å². The normalized spacial score (nSPS) is 38.9. The van der Waals surface area contributed by atoms with Crippen molar-refractivity contribution in [2.24, 2.45) is 23.2 Å². The van der Waals surface area contributed by atoms with Gasteiger partial charge in [0, 0.05) is 52.7 Å². The van der Waals surface area contributed by atoms with Crippen LogP contribution < -0.4 is 0 Å². The second kappa shape index (κ2) is 14.3. The molecule has 53 heavy (non-hydrogen) atoms. The van der Waals surface area contributed by atoms with Crippen molar-refractivity contribution in [2.45, 2.75) is 116 Å². The van der Waals surface area contributed by atoms with Crippen LogP contribution in [0.25, 0.3) is 0 Å². The Kier molecular flexibility index (Phi) is 10.7. The Labute approximate surface area is 305 Å². The summed E-state index contributed by atoms with van der Waals surface area (Å²) in [5, 5.41) is 12.7. The lowest BCUT2D eigenvalue weighted by molar-refractivity contribution is -0.349. The van der Waals surface area contributed by atoms with Gasteiger partial charge >= 0.3 is 41.8 Å². The lowest BCUT2D eigenvalue weighted by atomic mass is 9.46. The first-order valence-electron chi connectivity index (χ1n) is 17.3. The second-order valence-corrected chi connectivity index (χ2v) is 14.5. The first-order chi connectivity index (χ1) is 24.7. The van der Waals surface area contributed by atoms with Crippen LogP contribution in [-0.2, 0) is 66.7 Å². The third-order valence-corrected chi connectivity index (χ3v) is 11.1. The summed E-state index contributed by atoms with van der Waals surface area (Å²) in [6.45, 7) is 10.0. The maximum absolute atomic E-state index is 14.2. The third kappa shape index (κ3) is 6.40. The van der Waals surface area contributed by atoms with E-state index in [9.17, 15) is 38.7 Å². The first kappa shape index (κ1) is 39.6. The van der Waals surface area contributed by atoms with Crippen LogP contribution in [0.5, 0.6) is 0 Å². The maximum atomic E-state index is 14.2. The molecule has 5 rings (SSSR count). The molecule has 4 bridgehead atoms. The molecular formula is C36H45NO16. The van der Waals surface area contributed by atoms with Crippen molar-refractivity contribution < 1.29 is 76.6 Å². The van der Waals surface area contributed by atoms with E-state index in [2.05, 4.69) is 4.98 Å². The van der Waals surface area contributed by atoms with Crippen LogP contribution in [0.2, 0.25) is 0 Å². The molecule has 1 spiro atoms. The van der Waals surface area contributed by atoms with Gasteiger partial charge in [-0.3, -0.25) is 33.8 Å². The molecule has 290 valence electrons. The lowest BCUT2D eigenvalue weighted by Gasteiger charge is -2.65. The number of esters is 7. The monoisotopic (exact) mass is 747 g/mol. The molecule has 2 aliphatic carbocycles. The first-order valence-corrected chi connectivity index (χ1v) is 17.3. The third-order valence-electron chi connectivity index (χ3n) is 11.1. The summed E-state index contributed by atoms with van der Waals surface area (Å²) in [5.74, 6) is -10.7. The van der Waals surface area contributed by atoms with Gasteiger partial charge in [0.2, 0.25) is 0 Å². The number of fused-ring (bicyclic) bond motifs is 5. The zero-order valence-corrected chi connectivity index (χ0v) is 30.9. The molecule has 1 N–H and O–H groups in total. The molecule has 1 aromatic heterocycles. The molecule has 3 fully saturated rings. The smallest absolute Gasteiger partial charge is 0.340 e. The highest BCUT2D eigenvalue weighted by molar-refractivity contribution is 5.91. The Balaban J connectivity index is 1.91. The maximum Gasteiger partial charge on any atom is 0.340 e. The van der Waals surface area contributed by atoms with Gasteiger partial charge in [-0.1, -0.05) is 20.8 Å². The quantitative estimate of drug-likeness (QED) is 0.320. The van der Waals surface area contributed by atoms with Gasteiger partial charge in [-0.25, -0.2) is 4.79 Å². The summed E-state index contributed by atoms with van der Waals surface area (Å²) >= 11 is 0. The highest BCUT2D eigenvalue weighted by atomic mass is 16.7. The van der Waals surface area contributed by atoms with Crippen LogP contribution >= 0.6 is 0 Å². The predicted octanol–water partition coefficient (Wildman–Crippen LogP) is 1.35. The molecule has 0 aromatic carbocycles. The number of hydrogen-bond acceptors (Lipinski definition) is 17. The molecule has 0 amide bonds. The van der Waals surface area contributed by atoms with E-state index in [-0.39, 0.29) is 11.3 Å². The van der Waals surface area contributed by atoms with E-state index in [1.807, 2.05) is 0 Å². The molecule has 2 saturated carbocycles. The van der Waals surface area contributed by atoms with E-state index in [1.165, 1.54) is 32.2 Å². The Morgan fingerprint density at radius 1 is 0.849 bits per heavy atom. The SMILES string of the molecule is CC(=O)OC[C@]12[C@H](OC(C)=O)[C@@H](OC(C)=O)[C@@H]3[C@@H](O)[C@@]14O[C@@]3(C)COC(=O)c1cccnc1[C@@H](C)[C@H](C)C(=O)O[C@@H]([C@H](OC(C)=O)[C@@H]2OC(C)=O)[C@H]4C. The van der Waals surface area contributed by atoms with Gasteiger partial charge in [0.25, 0.3) is 0 Å². The highest BCUT2D eigenvalue weighted by Crippen LogP contribution is 2.68. The Morgan fingerprint density at radius 3 is 1.98 bits per heavy atom. The van der Waals surface area contributed by atoms with E-state index in [1.54, 1.807) is 13.8 Å². The molecular weight excluding hydrogens is 702 g/mol. The van der Waals surface area contributed by atoms with Crippen molar-refractivity contribution in [3.63, 3.8) is 0 Å². The molecule has 0 unspecified atom stereocenters. The van der Waals surface area contributed by atoms with Gasteiger partial charge in [-0.2, -0.15) is 0 Å². The molecule has 13 atom stereocenters. The van der Waals surface area contributed by atoms with Crippen molar-refractivity contribution in [2.75, 3.05) is 13.2 Å². The van der Waals surface area contributed by atoms with Crippen LogP contribution in [0.15, 0.2) is 18.3 Å². The zero-order valence-electron chi connectivity index (χ0n) is 30.9. The molecule has 0 radical (unpaired) electrons.